The fraction of sp³-hybridized carbons (Fsp3) is 0.286. The van der Waals surface area contributed by atoms with Crippen LogP contribution in [0.4, 0.5) is 0 Å². The minimum Gasteiger partial charge on any atom is -0.323 e. The first-order valence-electron chi connectivity index (χ1n) is 3.07. The van der Waals surface area contributed by atoms with E-state index >= 15 is 0 Å². The fourth-order valence-electron chi connectivity index (χ4n) is 0.670. The van der Waals surface area contributed by atoms with Crippen LogP contribution in [-0.4, -0.2) is 4.98 Å². The normalized spacial score (nSPS) is 13.1. The van der Waals surface area contributed by atoms with Gasteiger partial charge in [0.2, 0.25) is 0 Å². The van der Waals surface area contributed by atoms with Gasteiger partial charge in [0.05, 0.1) is 5.69 Å². The quantitative estimate of drug-likeness (QED) is 0.673. The summed E-state index contributed by atoms with van der Waals surface area (Å²) >= 11 is 5.69. The van der Waals surface area contributed by atoms with Gasteiger partial charge in [-0.25, -0.2) is 0 Å². The van der Waals surface area contributed by atoms with Crippen molar-refractivity contribution < 1.29 is 0 Å². The van der Waals surface area contributed by atoms with E-state index in [4.69, 9.17) is 17.3 Å². The highest BCUT2D eigenvalue weighted by Gasteiger charge is 1.99. The molecule has 54 valence electrons. The first kappa shape index (κ1) is 7.51. The molecular weight excluding hydrogens is 148 g/mol. The van der Waals surface area contributed by atoms with Crippen LogP contribution in [0.2, 0.25) is 5.02 Å². The smallest absolute Gasteiger partial charge is 0.0582 e. The van der Waals surface area contributed by atoms with Gasteiger partial charge in [-0.2, -0.15) is 0 Å². The maximum atomic E-state index is 5.69. The van der Waals surface area contributed by atoms with Gasteiger partial charge in [0.15, 0.2) is 0 Å². The Hall–Kier alpha value is -0.600. The van der Waals surface area contributed by atoms with E-state index in [1.807, 2.05) is 6.92 Å². The average molecular weight is 157 g/mol. The lowest BCUT2D eigenvalue weighted by Gasteiger charge is -2.02. The van der Waals surface area contributed by atoms with Crippen molar-refractivity contribution in [1.82, 2.24) is 4.98 Å². The molecule has 2 nitrogen and oxygen atoms in total. The second-order valence-corrected chi connectivity index (χ2v) is 2.62. The lowest BCUT2D eigenvalue weighted by Crippen LogP contribution is -2.06. The van der Waals surface area contributed by atoms with Crippen LogP contribution in [0.1, 0.15) is 18.7 Å². The van der Waals surface area contributed by atoms with Crippen molar-refractivity contribution >= 4 is 11.6 Å². The summed E-state index contributed by atoms with van der Waals surface area (Å²) in [5.41, 5.74) is 6.39. The molecule has 2 N–H and O–H groups in total. The second-order valence-electron chi connectivity index (χ2n) is 2.19. The van der Waals surface area contributed by atoms with E-state index in [2.05, 4.69) is 4.98 Å². The predicted octanol–water partition coefficient (Wildman–Crippen LogP) is 1.75. The molecule has 1 aromatic heterocycles. The van der Waals surface area contributed by atoms with Gasteiger partial charge >= 0.3 is 0 Å². The van der Waals surface area contributed by atoms with Crippen LogP contribution < -0.4 is 5.73 Å². The van der Waals surface area contributed by atoms with Crippen molar-refractivity contribution in [3.63, 3.8) is 0 Å². The molecule has 1 atom stereocenters. The third-order valence-corrected chi connectivity index (χ3v) is 1.44. The molecule has 10 heavy (non-hydrogen) atoms. The first-order chi connectivity index (χ1) is 4.70. The second kappa shape index (κ2) is 2.99. The molecule has 0 fully saturated rings. The monoisotopic (exact) mass is 156 g/mol. The summed E-state index contributed by atoms with van der Waals surface area (Å²) in [6.45, 7) is 1.87. The summed E-state index contributed by atoms with van der Waals surface area (Å²) in [6.07, 6.45) is 1.65. The third-order valence-electron chi connectivity index (χ3n) is 1.21. The topological polar surface area (TPSA) is 38.9 Å². The standard InChI is InChI=1S/C7H9ClN2/c1-5(9)7-4-6(8)2-3-10-7/h2-5H,9H2,1H3. The van der Waals surface area contributed by atoms with Crippen LogP contribution in [-0.2, 0) is 0 Å². The van der Waals surface area contributed by atoms with Crippen LogP contribution in [0.5, 0.6) is 0 Å². The molecule has 0 saturated heterocycles. The van der Waals surface area contributed by atoms with E-state index in [-0.39, 0.29) is 6.04 Å². The number of nitrogens with zero attached hydrogens (tertiary/aromatic N) is 1. The van der Waals surface area contributed by atoms with Crippen molar-refractivity contribution in [3.8, 4) is 0 Å². The summed E-state index contributed by atoms with van der Waals surface area (Å²) in [7, 11) is 0. The molecule has 0 aromatic carbocycles. The number of pyridine rings is 1. The van der Waals surface area contributed by atoms with E-state index in [0.29, 0.717) is 5.02 Å². The maximum absolute atomic E-state index is 5.69. The largest absolute Gasteiger partial charge is 0.323 e. The molecule has 1 unspecified atom stereocenters. The zero-order valence-electron chi connectivity index (χ0n) is 5.71. The summed E-state index contributed by atoms with van der Waals surface area (Å²) < 4.78 is 0. The van der Waals surface area contributed by atoms with Crippen molar-refractivity contribution in [2.75, 3.05) is 0 Å². The Kier molecular flexibility index (Phi) is 2.25. The van der Waals surface area contributed by atoms with E-state index in [1.165, 1.54) is 0 Å². The minimum absolute atomic E-state index is 0.0429. The molecule has 3 heteroatoms. The van der Waals surface area contributed by atoms with Crippen molar-refractivity contribution in [2.24, 2.45) is 5.73 Å². The summed E-state index contributed by atoms with van der Waals surface area (Å²) in [5.74, 6) is 0. The van der Waals surface area contributed by atoms with Gasteiger partial charge in [-0.15, -0.1) is 0 Å². The van der Waals surface area contributed by atoms with E-state index in [9.17, 15) is 0 Å². The predicted molar refractivity (Wildman–Crippen MR) is 41.8 cm³/mol. The van der Waals surface area contributed by atoms with Gasteiger partial charge in [0.1, 0.15) is 0 Å². The van der Waals surface area contributed by atoms with Crippen molar-refractivity contribution in [3.05, 3.63) is 29.0 Å². The fourth-order valence-corrected chi connectivity index (χ4v) is 0.838. The molecule has 0 aliphatic heterocycles. The van der Waals surface area contributed by atoms with E-state index < -0.39 is 0 Å². The number of rotatable bonds is 1. The lowest BCUT2D eigenvalue weighted by atomic mass is 10.2. The Morgan fingerprint density at radius 3 is 2.80 bits per heavy atom. The minimum atomic E-state index is -0.0429. The molecule has 1 heterocycles. The average Bonchev–Trinajstić information content (AvgIpc) is 1.88. The number of aromatic nitrogens is 1. The molecule has 1 aromatic rings. The van der Waals surface area contributed by atoms with Crippen LogP contribution >= 0.6 is 11.6 Å². The van der Waals surface area contributed by atoms with Crippen molar-refractivity contribution in [1.29, 1.82) is 0 Å². The summed E-state index contributed by atoms with van der Waals surface area (Å²) in [6, 6.07) is 3.46. The van der Waals surface area contributed by atoms with Crippen LogP contribution in [0.15, 0.2) is 18.3 Å². The summed E-state index contributed by atoms with van der Waals surface area (Å²) in [4.78, 5) is 4.03. The molecule has 0 spiro atoms. The number of hydrogen-bond donors (Lipinski definition) is 1. The summed E-state index contributed by atoms with van der Waals surface area (Å²) in [5, 5.41) is 0.683. The molecule has 0 aliphatic carbocycles. The van der Waals surface area contributed by atoms with Gasteiger partial charge in [-0.1, -0.05) is 11.6 Å². The van der Waals surface area contributed by atoms with Gasteiger partial charge in [-0.3, -0.25) is 4.98 Å². The number of hydrogen-bond acceptors (Lipinski definition) is 2. The third kappa shape index (κ3) is 1.69. The molecular formula is C7H9ClN2. The number of nitrogens with two attached hydrogens (primary N) is 1. The molecule has 0 saturated carbocycles. The Balaban J connectivity index is 2.96. The Morgan fingerprint density at radius 2 is 2.40 bits per heavy atom. The molecule has 0 bridgehead atoms. The van der Waals surface area contributed by atoms with E-state index in [1.54, 1.807) is 18.3 Å². The van der Waals surface area contributed by atoms with Gasteiger partial charge < -0.3 is 5.73 Å². The zero-order chi connectivity index (χ0) is 7.56. The van der Waals surface area contributed by atoms with Crippen LogP contribution in [0.25, 0.3) is 0 Å². The van der Waals surface area contributed by atoms with Gasteiger partial charge in [0.25, 0.3) is 0 Å². The molecule has 0 radical (unpaired) electrons. The lowest BCUT2D eigenvalue weighted by molar-refractivity contribution is 0.781. The Morgan fingerprint density at radius 1 is 1.70 bits per heavy atom. The van der Waals surface area contributed by atoms with Gasteiger partial charge in [-0.05, 0) is 19.1 Å². The Bertz CT molecular complexity index is 223. The maximum Gasteiger partial charge on any atom is 0.0582 e. The highest BCUT2D eigenvalue weighted by atomic mass is 35.5. The molecule has 0 aliphatic rings. The SMILES string of the molecule is CC(N)c1cc(Cl)ccn1. The highest BCUT2D eigenvalue weighted by Crippen LogP contribution is 2.11. The Labute approximate surface area is 65.0 Å². The van der Waals surface area contributed by atoms with Crippen LogP contribution in [0.3, 0.4) is 0 Å². The first-order valence-corrected chi connectivity index (χ1v) is 3.45. The van der Waals surface area contributed by atoms with Gasteiger partial charge in [0, 0.05) is 17.3 Å². The number of halogens is 1. The van der Waals surface area contributed by atoms with Crippen molar-refractivity contribution in [2.45, 2.75) is 13.0 Å². The van der Waals surface area contributed by atoms with Crippen LogP contribution in [0, 0.1) is 0 Å². The molecule has 1 rings (SSSR count). The highest BCUT2D eigenvalue weighted by molar-refractivity contribution is 6.30. The van der Waals surface area contributed by atoms with E-state index in [0.717, 1.165) is 5.69 Å². The zero-order valence-corrected chi connectivity index (χ0v) is 6.47. The molecule has 0 amide bonds.